The van der Waals surface area contributed by atoms with Crippen molar-refractivity contribution in [3.05, 3.63) is 29.3 Å². The quantitative estimate of drug-likeness (QED) is 0.723. The van der Waals surface area contributed by atoms with Gasteiger partial charge in [-0.2, -0.15) is 10.5 Å². The summed E-state index contributed by atoms with van der Waals surface area (Å²) in [5, 5.41) is 17.4. The van der Waals surface area contributed by atoms with Gasteiger partial charge in [0.1, 0.15) is 0 Å². The van der Waals surface area contributed by atoms with Crippen LogP contribution in [0.2, 0.25) is 0 Å². The maximum atomic E-state index is 8.94. The van der Waals surface area contributed by atoms with Crippen LogP contribution in [0.5, 0.6) is 11.5 Å². The van der Waals surface area contributed by atoms with Crippen molar-refractivity contribution in [1.29, 1.82) is 10.5 Å². The average molecular weight is 214 g/mol. The first-order chi connectivity index (χ1) is 7.76. The Morgan fingerprint density at radius 2 is 1.75 bits per heavy atom. The van der Waals surface area contributed by atoms with Crippen LogP contribution in [0.3, 0.4) is 0 Å². The Bertz CT molecular complexity index is 493. The predicted molar refractivity (Wildman–Crippen MR) is 58.9 cm³/mol. The third kappa shape index (κ3) is 2.31. The Kier molecular flexibility index (Phi) is 3.94. The number of ether oxygens (including phenoxy) is 2. The fourth-order valence-corrected chi connectivity index (χ4v) is 1.26. The number of hydrogen-bond donors (Lipinski definition) is 0. The maximum Gasteiger partial charge on any atom is 0.162 e. The minimum absolute atomic E-state index is 0.434. The number of benzene rings is 1. The monoisotopic (exact) mass is 214 g/mol. The zero-order valence-electron chi connectivity index (χ0n) is 9.02. The zero-order chi connectivity index (χ0) is 12.0. The Morgan fingerprint density at radius 3 is 2.25 bits per heavy atom. The molecule has 0 heterocycles. The van der Waals surface area contributed by atoms with Crippen LogP contribution in [0.25, 0.3) is 6.08 Å². The lowest BCUT2D eigenvalue weighted by Gasteiger charge is -2.09. The molecule has 0 unspecified atom stereocenters. The van der Waals surface area contributed by atoms with Gasteiger partial charge in [-0.15, -0.1) is 0 Å². The molecule has 1 rings (SSSR count). The van der Waals surface area contributed by atoms with Crippen LogP contribution in [0, 0.1) is 22.7 Å². The van der Waals surface area contributed by atoms with Gasteiger partial charge in [0, 0.05) is 12.1 Å². The molecule has 80 valence electrons. The summed E-state index contributed by atoms with van der Waals surface area (Å²) >= 11 is 0. The standard InChI is InChI=1S/C12H10N2O2/c1-15-11-6-9(4-3-5-13)10(8-14)7-12(11)16-2/h3-4,6-7H,1-2H3/b4-3+. The molecule has 0 saturated carbocycles. The van der Waals surface area contributed by atoms with Gasteiger partial charge in [0.25, 0.3) is 0 Å². The third-order valence-corrected chi connectivity index (χ3v) is 2.01. The molecule has 1 aromatic carbocycles. The van der Waals surface area contributed by atoms with Crippen LogP contribution in [0.15, 0.2) is 18.2 Å². The first-order valence-corrected chi connectivity index (χ1v) is 4.49. The Morgan fingerprint density at radius 1 is 1.12 bits per heavy atom. The molecule has 0 aliphatic carbocycles. The van der Waals surface area contributed by atoms with E-state index in [0.717, 1.165) is 0 Å². The average Bonchev–Trinajstić information content (AvgIpc) is 2.35. The molecule has 0 amide bonds. The van der Waals surface area contributed by atoms with Crippen LogP contribution < -0.4 is 9.47 Å². The fraction of sp³-hybridized carbons (Fsp3) is 0.167. The van der Waals surface area contributed by atoms with Crippen LogP contribution in [0.4, 0.5) is 0 Å². The van der Waals surface area contributed by atoms with Gasteiger partial charge in [0.2, 0.25) is 0 Å². The molecule has 0 spiro atoms. The molecular weight excluding hydrogens is 204 g/mol. The van der Waals surface area contributed by atoms with E-state index in [1.807, 2.05) is 12.1 Å². The van der Waals surface area contributed by atoms with Crippen molar-refractivity contribution in [3.8, 4) is 23.6 Å². The Balaban J connectivity index is 3.34. The number of nitriles is 2. The van der Waals surface area contributed by atoms with Crippen LogP contribution in [-0.4, -0.2) is 14.2 Å². The number of allylic oxidation sites excluding steroid dienone is 1. The lowest BCUT2D eigenvalue weighted by molar-refractivity contribution is 0.355. The molecular formula is C12H10N2O2. The van der Waals surface area contributed by atoms with Gasteiger partial charge in [-0.25, -0.2) is 0 Å². The Hall–Kier alpha value is -2.46. The summed E-state index contributed by atoms with van der Waals surface area (Å²) in [4.78, 5) is 0. The Labute approximate surface area is 93.9 Å². The molecule has 0 fully saturated rings. The van der Waals surface area contributed by atoms with E-state index in [1.54, 1.807) is 18.2 Å². The number of methoxy groups -OCH3 is 2. The highest BCUT2D eigenvalue weighted by Crippen LogP contribution is 2.30. The molecule has 0 N–H and O–H groups in total. The van der Waals surface area contributed by atoms with Crippen molar-refractivity contribution in [2.75, 3.05) is 14.2 Å². The van der Waals surface area contributed by atoms with E-state index in [9.17, 15) is 0 Å². The van der Waals surface area contributed by atoms with Crippen molar-refractivity contribution in [2.24, 2.45) is 0 Å². The minimum atomic E-state index is 0.434. The summed E-state index contributed by atoms with van der Waals surface area (Å²) in [7, 11) is 3.02. The molecule has 0 bridgehead atoms. The summed E-state index contributed by atoms with van der Waals surface area (Å²) in [6.07, 6.45) is 2.86. The number of rotatable bonds is 3. The van der Waals surface area contributed by atoms with Crippen molar-refractivity contribution >= 4 is 6.08 Å². The van der Waals surface area contributed by atoms with E-state index in [1.165, 1.54) is 20.3 Å². The molecule has 0 aliphatic rings. The molecule has 0 aliphatic heterocycles. The molecule has 0 atom stereocenters. The summed E-state index contributed by atoms with van der Waals surface area (Å²) in [5.74, 6) is 1.02. The number of hydrogen-bond acceptors (Lipinski definition) is 4. The molecule has 4 nitrogen and oxygen atoms in total. The second-order valence-electron chi connectivity index (χ2n) is 2.87. The van der Waals surface area contributed by atoms with Crippen LogP contribution in [0.1, 0.15) is 11.1 Å². The van der Waals surface area contributed by atoms with Crippen LogP contribution >= 0.6 is 0 Å². The van der Waals surface area contributed by atoms with Gasteiger partial charge in [-0.3, -0.25) is 0 Å². The van der Waals surface area contributed by atoms with Crippen LogP contribution in [-0.2, 0) is 0 Å². The van der Waals surface area contributed by atoms with Gasteiger partial charge in [0.15, 0.2) is 11.5 Å². The molecule has 1 aromatic rings. The van der Waals surface area contributed by atoms with Crippen molar-refractivity contribution in [3.63, 3.8) is 0 Å². The summed E-state index contributed by atoms with van der Waals surface area (Å²) in [6, 6.07) is 7.14. The van der Waals surface area contributed by atoms with Gasteiger partial charge < -0.3 is 9.47 Å². The lowest BCUT2D eigenvalue weighted by atomic mass is 10.1. The second kappa shape index (κ2) is 5.43. The smallest absolute Gasteiger partial charge is 0.162 e. The van der Waals surface area contributed by atoms with E-state index in [-0.39, 0.29) is 0 Å². The summed E-state index contributed by atoms with van der Waals surface area (Å²) < 4.78 is 10.2. The van der Waals surface area contributed by atoms with Crippen molar-refractivity contribution in [2.45, 2.75) is 0 Å². The van der Waals surface area contributed by atoms with E-state index < -0.39 is 0 Å². The van der Waals surface area contributed by atoms with E-state index in [0.29, 0.717) is 22.6 Å². The second-order valence-corrected chi connectivity index (χ2v) is 2.87. The largest absolute Gasteiger partial charge is 0.493 e. The summed E-state index contributed by atoms with van der Waals surface area (Å²) in [6.45, 7) is 0. The van der Waals surface area contributed by atoms with Gasteiger partial charge in [-0.05, 0) is 17.7 Å². The van der Waals surface area contributed by atoms with Gasteiger partial charge >= 0.3 is 0 Å². The molecule has 0 radical (unpaired) electrons. The highest BCUT2D eigenvalue weighted by molar-refractivity contribution is 5.64. The highest BCUT2D eigenvalue weighted by atomic mass is 16.5. The maximum absolute atomic E-state index is 8.94. The van der Waals surface area contributed by atoms with E-state index in [2.05, 4.69) is 0 Å². The number of nitrogens with zero attached hydrogens (tertiary/aromatic N) is 2. The van der Waals surface area contributed by atoms with E-state index >= 15 is 0 Å². The third-order valence-electron chi connectivity index (χ3n) is 2.01. The first-order valence-electron chi connectivity index (χ1n) is 4.49. The molecule has 16 heavy (non-hydrogen) atoms. The highest BCUT2D eigenvalue weighted by Gasteiger charge is 2.08. The molecule has 4 heteroatoms. The minimum Gasteiger partial charge on any atom is -0.493 e. The summed E-state index contributed by atoms with van der Waals surface area (Å²) in [5.41, 5.74) is 1.06. The van der Waals surface area contributed by atoms with Crippen molar-refractivity contribution in [1.82, 2.24) is 0 Å². The molecule has 0 aromatic heterocycles. The normalized spacial score (nSPS) is 9.50. The van der Waals surface area contributed by atoms with Gasteiger partial charge in [0.05, 0.1) is 31.9 Å². The fourth-order valence-electron chi connectivity index (χ4n) is 1.26. The zero-order valence-corrected chi connectivity index (χ0v) is 9.02. The van der Waals surface area contributed by atoms with Gasteiger partial charge in [-0.1, -0.05) is 0 Å². The van der Waals surface area contributed by atoms with Crippen molar-refractivity contribution < 1.29 is 9.47 Å². The topological polar surface area (TPSA) is 66.0 Å². The predicted octanol–water partition coefficient (Wildman–Crippen LogP) is 2.11. The molecule has 0 saturated heterocycles. The first kappa shape index (κ1) is 11.6. The van der Waals surface area contributed by atoms with E-state index in [4.69, 9.17) is 20.0 Å². The SMILES string of the molecule is COc1cc(C#N)c(/C=C/C#N)cc1OC. The lowest BCUT2D eigenvalue weighted by Crippen LogP contribution is -1.93.